The van der Waals surface area contributed by atoms with Crippen molar-refractivity contribution in [3.63, 3.8) is 0 Å². The van der Waals surface area contributed by atoms with E-state index in [1.165, 1.54) is 6.07 Å². The third-order valence-electron chi connectivity index (χ3n) is 2.85. The van der Waals surface area contributed by atoms with Crippen LogP contribution in [0.25, 0.3) is 0 Å². The molecule has 0 saturated carbocycles. The van der Waals surface area contributed by atoms with Crippen molar-refractivity contribution < 1.29 is 19.4 Å². The number of benzene rings is 2. The number of amides is 1. The van der Waals surface area contributed by atoms with Crippen LogP contribution in [-0.4, -0.2) is 23.6 Å². The van der Waals surface area contributed by atoms with Crippen molar-refractivity contribution in [1.29, 1.82) is 0 Å². The molecule has 114 valence electrons. The standard InChI is InChI=1S/C16H14BrNO4/c1-10-2-7-13(16(20)21)14(8-10)22-9-15(19)18-12-5-3-11(17)4-6-12/h2-8H,9H2,1H3,(H,18,19)(H,20,21). The lowest BCUT2D eigenvalue weighted by molar-refractivity contribution is -0.118. The van der Waals surface area contributed by atoms with Crippen molar-refractivity contribution in [2.75, 3.05) is 11.9 Å². The van der Waals surface area contributed by atoms with Gasteiger partial charge in [0.25, 0.3) is 5.91 Å². The first-order valence-corrected chi connectivity index (χ1v) is 7.27. The van der Waals surface area contributed by atoms with E-state index >= 15 is 0 Å². The number of aromatic carboxylic acids is 1. The molecule has 2 rings (SSSR count). The predicted octanol–water partition coefficient (Wildman–Crippen LogP) is 3.47. The van der Waals surface area contributed by atoms with E-state index < -0.39 is 5.97 Å². The fourth-order valence-electron chi connectivity index (χ4n) is 1.80. The molecular formula is C16H14BrNO4. The molecule has 0 heterocycles. The van der Waals surface area contributed by atoms with E-state index in [-0.39, 0.29) is 23.8 Å². The van der Waals surface area contributed by atoms with Gasteiger partial charge in [0.05, 0.1) is 0 Å². The Kier molecular flexibility index (Phi) is 5.16. The van der Waals surface area contributed by atoms with Gasteiger partial charge in [0, 0.05) is 10.2 Å². The van der Waals surface area contributed by atoms with Crippen molar-refractivity contribution in [1.82, 2.24) is 0 Å². The Morgan fingerprint density at radius 1 is 1.18 bits per heavy atom. The number of hydrogen-bond donors (Lipinski definition) is 2. The van der Waals surface area contributed by atoms with Crippen LogP contribution in [0.4, 0.5) is 5.69 Å². The Morgan fingerprint density at radius 2 is 1.86 bits per heavy atom. The zero-order chi connectivity index (χ0) is 16.1. The van der Waals surface area contributed by atoms with Gasteiger partial charge in [-0.2, -0.15) is 0 Å². The van der Waals surface area contributed by atoms with Crippen molar-refractivity contribution in [3.8, 4) is 5.75 Å². The van der Waals surface area contributed by atoms with E-state index in [4.69, 9.17) is 9.84 Å². The summed E-state index contributed by atoms with van der Waals surface area (Å²) < 4.78 is 6.24. The molecule has 2 aromatic carbocycles. The molecule has 1 amide bonds. The number of carboxylic acid groups (broad SMARTS) is 1. The van der Waals surface area contributed by atoms with Gasteiger partial charge in [-0.15, -0.1) is 0 Å². The minimum atomic E-state index is -1.09. The monoisotopic (exact) mass is 363 g/mol. The highest BCUT2D eigenvalue weighted by Crippen LogP contribution is 2.20. The van der Waals surface area contributed by atoms with E-state index in [0.717, 1.165) is 10.0 Å². The van der Waals surface area contributed by atoms with Crippen LogP contribution in [0.3, 0.4) is 0 Å². The molecule has 0 atom stereocenters. The number of carbonyl (C=O) groups excluding carboxylic acids is 1. The number of rotatable bonds is 5. The molecule has 0 fully saturated rings. The van der Waals surface area contributed by atoms with E-state index in [0.29, 0.717) is 5.69 Å². The molecular weight excluding hydrogens is 350 g/mol. The van der Waals surface area contributed by atoms with E-state index in [9.17, 15) is 9.59 Å². The van der Waals surface area contributed by atoms with E-state index in [1.54, 1.807) is 36.4 Å². The van der Waals surface area contributed by atoms with Crippen molar-refractivity contribution >= 4 is 33.5 Å². The SMILES string of the molecule is Cc1ccc(C(=O)O)c(OCC(=O)Nc2ccc(Br)cc2)c1. The summed E-state index contributed by atoms with van der Waals surface area (Å²) in [6.45, 7) is 1.56. The normalized spacial score (nSPS) is 10.1. The first-order chi connectivity index (χ1) is 10.5. The van der Waals surface area contributed by atoms with Gasteiger partial charge in [-0.3, -0.25) is 4.79 Å². The van der Waals surface area contributed by atoms with Gasteiger partial charge < -0.3 is 15.2 Å². The highest BCUT2D eigenvalue weighted by molar-refractivity contribution is 9.10. The van der Waals surface area contributed by atoms with Gasteiger partial charge in [-0.25, -0.2) is 4.79 Å². The molecule has 2 N–H and O–H groups in total. The van der Waals surface area contributed by atoms with E-state index in [2.05, 4.69) is 21.2 Å². The average molecular weight is 364 g/mol. The first kappa shape index (κ1) is 16.0. The lowest BCUT2D eigenvalue weighted by Gasteiger charge is -2.10. The van der Waals surface area contributed by atoms with Crippen LogP contribution >= 0.6 is 15.9 Å². The Morgan fingerprint density at radius 3 is 2.50 bits per heavy atom. The molecule has 0 aliphatic heterocycles. The maximum Gasteiger partial charge on any atom is 0.339 e. The molecule has 6 heteroatoms. The third-order valence-corrected chi connectivity index (χ3v) is 3.38. The smallest absolute Gasteiger partial charge is 0.339 e. The Bertz CT molecular complexity index is 698. The van der Waals surface area contributed by atoms with Gasteiger partial charge in [-0.05, 0) is 48.9 Å². The second-order valence-electron chi connectivity index (χ2n) is 4.65. The zero-order valence-corrected chi connectivity index (χ0v) is 13.4. The quantitative estimate of drug-likeness (QED) is 0.852. The summed E-state index contributed by atoms with van der Waals surface area (Å²) >= 11 is 3.31. The van der Waals surface area contributed by atoms with Gasteiger partial charge >= 0.3 is 5.97 Å². The fourth-order valence-corrected chi connectivity index (χ4v) is 2.06. The highest BCUT2D eigenvalue weighted by Gasteiger charge is 2.13. The van der Waals surface area contributed by atoms with Crippen LogP contribution in [0.1, 0.15) is 15.9 Å². The summed E-state index contributed by atoms with van der Waals surface area (Å²) in [6, 6.07) is 11.8. The fraction of sp³-hybridized carbons (Fsp3) is 0.125. The largest absolute Gasteiger partial charge is 0.483 e. The molecule has 0 saturated heterocycles. The van der Waals surface area contributed by atoms with Crippen molar-refractivity contribution in [2.24, 2.45) is 0 Å². The van der Waals surface area contributed by atoms with Gasteiger partial charge in [0.1, 0.15) is 11.3 Å². The number of carbonyl (C=O) groups is 2. The lowest BCUT2D eigenvalue weighted by Crippen LogP contribution is -2.20. The molecule has 5 nitrogen and oxygen atoms in total. The zero-order valence-electron chi connectivity index (χ0n) is 11.8. The van der Waals surface area contributed by atoms with Gasteiger partial charge in [0.2, 0.25) is 0 Å². The number of halogens is 1. The molecule has 0 aliphatic rings. The Balaban J connectivity index is 2.00. The minimum absolute atomic E-state index is 0.0297. The predicted molar refractivity (Wildman–Crippen MR) is 86.4 cm³/mol. The second kappa shape index (κ2) is 7.09. The number of aryl methyl sites for hydroxylation is 1. The van der Waals surface area contributed by atoms with Crippen LogP contribution in [0.15, 0.2) is 46.9 Å². The highest BCUT2D eigenvalue weighted by atomic mass is 79.9. The summed E-state index contributed by atoms with van der Waals surface area (Å²) in [6.07, 6.45) is 0. The Hall–Kier alpha value is -2.34. The van der Waals surface area contributed by atoms with Crippen LogP contribution in [0.2, 0.25) is 0 Å². The second-order valence-corrected chi connectivity index (χ2v) is 5.56. The van der Waals surface area contributed by atoms with Gasteiger partial charge in [-0.1, -0.05) is 22.0 Å². The summed E-state index contributed by atoms with van der Waals surface area (Å²) in [7, 11) is 0. The van der Waals surface area contributed by atoms with Crippen LogP contribution in [0, 0.1) is 6.92 Å². The molecule has 0 aliphatic carbocycles. The number of nitrogens with one attached hydrogen (secondary N) is 1. The average Bonchev–Trinajstić information content (AvgIpc) is 2.47. The topological polar surface area (TPSA) is 75.6 Å². The maximum atomic E-state index is 11.8. The number of carboxylic acids is 1. The summed E-state index contributed by atoms with van der Waals surface area (Å²) in [5.74, 6) is -1.28. The molecule has 22 heavy (non-hydrogen) atoms. The molecule has 0 radical (unpaired) electrons. The van der Waals surface area contributed by atoms with Crippen molar-refractivity contribution in [2.45, 2.75) is 6.92 Å². The molecule has 0 spiro atoms. The minimum Gasteiger partial charge on any atom is -0.483 e. The van der Waals surface area contributed by atoms with Gasteiger partial charge in [0.15, 0.2) is 6.61 Å². The number of hydrogen-bond acceptors (Lipinski definition) is 3. The molecule has 2 aromatic rings. The molecule has 0 unspecified atom stereocenters. The summed E-state index contributed by atoms with van der Waals surface area (Å²) in [4.78, 5) is 23.0. The third kappa shape index (κ3) is 4.33. The van der Waals surface area contributed by atoms with Crippen molar-refractivity contribution in [3.05, 3.63) is 58.1 Å². The first-order valence-electron chi connectivity index (χ1n) is 6.48. The maximum absolute atomic E-state index is 11.8. The van der Waals surface area contributed by atoms with Crippen LogP contribution in [-0.2, 0) is 4.79 Å². The van der Waals surface area contributed by atoms with Crippen LogP contribution in [0.5, 0.6) is 5.75 Å². The molecule has 0 aromatic heterocycles. The van der Waals surface area contributed by atoms with E-state index in [1.807, 2.05) is 6.92 Å². The lowest BCUT2D eigenvalue weighted by atomic mass is 10.1. The molecule has 0 bridgehead atoms. The summed E-state index contributed by atoms with van der Waals surface area (Å²) in [5, 5.41) is 11.8. The number of ether oxygens (including phenoxy) is 1. The summed E-state index contributed by atoms with van der Waals surface area (Å²) in [5.41, 5.74) is 1.52. The van der Waals surface area contributed by atoms with Crippen LogP contribution < -0.4 is 10.1 Å². The number of anilines is 1. The Labute approximate surface area is 136 Å².